The highest BCUT2D eigenvalue weighted by Crippen LogP contribution is 2.24. The van der Waals surface area contributed by atoms with Crippen LogP contribution in [0.5, 0.6) is 0 Å². The molecule has 0 radical (unpaired) electrons. The summed E-state index contributed by atoms with van der Waals surface area (Å²) >= 11 is 0. The summed E-state index contributed by atoms with van der Waals surface area (Å²) in [5.74, 6) is -1.85. The zero-order valence-electron chi connectivity index (χ0n) is 11.8. The molecule has 0 unspecified atom stereocenters. The minimum absolute atomic E-state index is 0.106. The Morgan fingerprint density at radius 1 is 1.14 bits per heavy atom. The van der Waals surface area contributed by atoms with Crippen molar-refractivity contribution in [3.05, 3.63) is 36.4 Å². The number of rotatable bonds is 4. The zero-order chi connectivity index (χ0) is 16.5. The summed E-state index contributed by atoms with van der Waals surface area (Å²) in [4.78, 5) is 34.4. The van der Waals surface area contributed by atoms with E-state index < -0.39 is 21.8 Å². The van der Waals surface area contributed by atoms with Crippen LogP contribution in [0.15, 0.2) is 41.3 Å². The molecule has 8 heteroatoms. The van der Waals surface area contributed by atoms with E-state index in [9.17, 15) is 22.8 Å². The Balaban J connectivity index is 2.26. The molecule has 22 heavy (non-hydrogen) atoms. The van der Waals surface area contributed by atoms with E-state index in [1.54, 1.807) is 6.92 Å². The zero-order valence-corrected chi connectivity index (χ0v) is 12.6. The summed E-state index contributed by atoms with van der Waals surface area (Å²) in [6.45, 7) is 5.03. The number of imide groups is 1. The average Bonchev–Trinajstić information content (AvgIpc) is 2.79. The third-order valence-electron chi connectivity index (χ3n) is 3.04. The third-order valence-corrected chi connectivity index (χ3v) is 4.80. The topological polar surface area (TPSA) is 101 Å². The van der Waals surface area contributed by atoms with Crippen molar-refractivity contribution in [2.45, 2.75) is 24.7 Å². The van der Waals surface area contributed by atoms with Crippen LogP contribution < -0.4 is 5.32 Å². The highest BCUT2D eigenvalue weighted by atomic mass is 32.2. The second-order valence-electron chi connectivity index (χ2n) is 4.82. The Bertz CT molecular complexity index is 749. The molecule has 1 aliphatic heterocycles. The van der Waals surface area contributed by atoms with Crippen LogP contribution in [0.25, 0.3) is 0 Å². The Morgan fingerprint density at radius 3 is 2.09 bits per heavy atom. The van der Waals surface area contributed by atoms with Crippen molar-refractivity contribution >= 4 is 33.4 Å². The predicted molar refractivity (Wildman–Crippen MR) is 78.2 cm³/mol. The third kappa shape index (κ3) is 2.91. The van der Waals surface area contributed by atoms with E-state index in [1.807, 2.05) is 0 Å². The normalized spacial score (nSPS) is 15.0. The van der Waals surface area contributed by atoms with Crippen LogP contribution in [0, 0.1) is 0 Å². The lowest BCUT2D eigenvalue weighted by atomic mass is 10.3. The van der Waals surface area contributed by atoms with Gasteiger partial charge in [0, 0.05) is 24.1 Å². The first kappa shape index (κ1) is 15.9. The fraction of sp³-hybridized carbons (Fsp3) is 0.214. The van der Waals surface area contributed by atoms with E-state index >= 15 is 0 Å². The van der Waals surface area contributed by atoms with Gasteiger partial charge in [-0.2, -0.15) is 4.31 Å². The van der Waals surface area contributed by atoms with Crippen molar-refractivity contribution in [2.75, 3.05) is 5.32 Å². The lowest BCUT2D eigenvalue weighted by molar-refractivity contribution is -0.132. The second kappa shape index (κ2) is 5.72. The smallest absolute Gasteiger partial charge is 0.273 e. The molecule has 1 aromatic carbocycles. The van der Waals surface area contributed by atoms with Crippen LogP contribution in [0.3, 0.4) is 0 Å². The number of hydrogen-bond donors (Lipinski definition) is 1. The van der Waals surface area contributed by atoms with E-state index in [0.717, 1.165) is 0 Å². The minimum Gasteiger partial charge on any atom is -0.322 e. The van der Waals surface area contributed by atoms with Crippen molar-refractivity contribution in [3.63, 3.8) is 0 Å². The van der Waals surface area contributed by atoms with Crippen molar-refractivity contribution in [1.29, 1.82) is 0 Å². The van der Waals surface area contributed by atoms with E-state index in [2.05, 4.69) is 11.9 Å². The number of anilines is 1. The summed E-state index contributed by atoms with van der Waals surface area (Å²) < 4.78 is 24.9. The van der Waals surface area contributed by atoms with Crippen LogP contribution in [-0.2, 0) is 24.4 Å². The lowest BCUT2D eigenvalue weighted by Gasteiger charge is -2.14. The van der Waals surface area contributed by atoms with E-state index in [-0.39, 0.29) is 23.6 Å². The second-order valence-corrected chi connectivity index (χ2v) is 6.60. The molecule has 0 bridgehead atoms. The Labute approximate surface area is 127 Å². The Kier molecular flexibility index (Phi) is 4.14. The molecular formula is C14H14N2O5S. The molecule has 0 saturated carbocycles. The average molecular weight is 322 g/mol. The van der Waals surface area contributed by atoms with Crippen LogP contribution in [0.1, 0.15) is 19.8 Å². The number of hydrogen-bond acceptors (Lipinski definition) is 5. The Morgan fingerprint density at radius 2 is 1.64 bits per heavy atom. The van der Waals surface area contributed by atoms with Gasteiger partial charge >= 0.3 is 0 Å². The summed E-state index contributed by atoms with van der Waals surface area (Å²) in [6.07, 6.45) is -0.213. The molecule has 116 valence electrons. The van der Waals surface area contributed by atoms with Gasteiger partial charge in [-0.1, -0.05) is 6.58 Å². The molecule has 1 N–H and O–H groups in total. The van der Waals surface area contributed by atoms with Crippen LogP contribution in [0.4, 0.5) is 5.69 Å². The van der Waals surface area contributed by atoms with Gasteiger partial charge in [0.15, 0.2) is 0 Å². The van der Waals surface area contributed by atoms with Gasteiger partial charge in [-0.05, 0) is 31.2 Å². The first-order valence-electron chi connectivity index (χ1n) is 6.41. The first-order chi connectivity index (χ1) is 10.2. The molecule has 0 aliphatic carbocycles. The summed E-state index contributed by atoms with van der Waals surface area (Å²) in [6, 6.07) is 5.20. The minimum atomic E-state index is -4.19. The molecule has 3 amide bonds. The molecule has 1 fully saturated rings. The lowest BCUT2D eigenvalue weighted by Crippen LogP contribution is -2.35. The number of carbonyl (C=O) groups is 3. The van der Waals surface area contributed by atoms with Crippen LogP contribution in [-0.4, -0.2) is 30.4 Å². The summed E-state index contributed by atoms with van der Waals surface area (Å²) in [5.41, 5.74) is 0.691. The molecule has 1 aromatic rings. The van der Waals surface area contributed by atoms with Gasteiger partial charge < -0.3 is 5.32 Å². The van der Waals surface area contributed by atoms with Gasteiger partial charge in [0.25, 0.3) is 15.9 Å². The number of benzene rings is 1. The van der Waals surface area contributed by atoms with Gasteiger partial charge in [-0.15, -0.1) is 0 Å². The summed E-state index contributed by atoms with van der Waals surface area (Å²) in [7, 11) is -4.19. The van der Waals surface area contributed by atoms with Gasteiger partial charge in [0.05, 0.1) is 4.90 Å². The first-order valence-corrected chi connectivity index (χ1v) is 7.85. The number of nitrogens with zero attached hydrogens (tertiary/aromatic N) is 1. The number of amides is 3. The van der Waals surface area contributed by atoms with Crippen molar-refractivity contribution < 1.29 is 22.8 Å². The fourth-order valence-corrected chi connectivity index (χ4v) is 3.29. The van der Waals surface area contributed by atoms with Crippen LogP contribution in [0.2, 0.25) is 0 Å². The SMILES string of the molecule is C=C(C)C(=O)Nc1ccc(S(=O)(=O)N2C(=O)CCC2=O)cc1. The Hall–Kier alpha value is -2.48. The molecular weight excluding hydrogens is 308 g/mol. The predicted octanol–water partition coefficient (Wildman–Crippen LogP) is 1.04. The molecule has 0 spiro atoms. The molecule has 1 aliphatic rings. The summed E-state index contributed by atoms with van der Waals surface area (Å²) in [5, 5.41) is 2.53. The maximum atomic E-state index is 12.3. The van der Waals surface area contributed by atoms with Gasteiger partial charge in [-0.3, -0.25) is 14.4 Å². The van der Waals surface area contributed by atoms with Crippen molar-refractivity contribution in [2.24, 2.45) is 0 Å². The van der Waals surface area contributed by atoms with E-state index in [0.29, 0.717) is 15.6 Å². The largest absolute Gasteiger partial charge is 0.322 e. The monoisotopic (exact) mass is 322 g/mol. The molecule has 2 rings (SSSR count). The van der Waals surface area contributed by atoms with E-state index in [1.165, 1.54) is 24.3 Å². The van der Waals surface area contributed by atoms with Crippen LogP contribution >= 0.6 is 0 Å². The van der Waals surface area contributed by atoms with Gasteiger partial charge in [0.2, 0.25) is 11.8 Å². The molecule has 7 nitrogen and oxygen atoms in total. The molecule has 0 atom stereocenters. The standard InChI is InChI=1S/C14H14N2O5S/c1-9(2)14(19)15-10-3-5-11(6-4-10)22(20,21)16-12(17)7-8-13(16)18/h3-6H,1,7-8H2,2H3,(H,15,19). The molecule has 0 aromatic heterocycles. The number of nitrogens with one attached hydrogen (secondary N) is 1. The maximum Gasteiger partial charge on any atom is 0.273 e. The highest BCUT2D eigenvalue weighted by Gasteiger charge is 2.39. The number of sulfonamides is 1. The number of carbonyl (C=O) groups excluding carboxylic acids is 3. The molecule has 1 saturated heterocycles. The van der Waals surface area contributed by atoms with Crippen molar-refractivity contribution in [3.8, 4) is 0 Å². The van der Waals surface area contributed by atoms with E-state index in [4.69, 9.17) is 0 Å². The van der Waals surface area contributed by atoms with Gasteiger partial charge in [-0.25, -0.2) is 8.42 Å². The fourth-order valence-electron chi connectivity index (χ4n) is 1.88. The quantitative estimate of drug-likeness (QED) is 0.659. The van der Waals surface area contributed by atoms with Gasteiger partial charge in [0.1, 0.15) is 0 Å². The highest BCUT2D eigenvalue weighted by molar-refractivity contribution is 7.90. The van der Waals surface area contributed by atoms with Crippen molar-refractivity contribution in [1.82, 2.24) is 4.31 Å². The molecule has 1 heterocycles. The maximum absolute atomic E-state index is 12.3.